The lowest BCUT2D eigenvalue weighted by Gasteiger charge is -2.34. The van der Waals surface area contributed by atoms with Gasteiger partial charge in [0.05, 0.1) is 18.9 Å². The number of pyridine rings is 1. The van der Waals surface area contributed by atoms with Crippen molar-refractivity contribution in [2.45, 2.75) is 37.8 Å². The number of hydrogen-bond donors (Lipinski definition) is 1. The first-order valence-corrected chi connectivity index (χ1v) is 13.3. The average molecular weight is 574 g/mol. The Morgan fingerprint density at radius 1 is 1.00 bits per heavy atom. The van der Waals surface area contributed by atoms with Crippen LogP contribution in [0.3, 0.4) is 0 Å². The molecule has 1 fully saturated rings. The minimum atomic E-state index is -5.19. The van der Waals surface area contributed by atoms with E-state index in [0.29, 0.717) is 6.61 Å². The van der Waals surface area contributed by atoms with Crippen molar-refractivity contribution < 1.29 is 42.3 Å². The van der Waals surface area contributed by atoms with Crippen molar-refractivity contribution in [2.24, 2.45) is 5.16 Å². The number of ether oxygens (including phenoxy) is 2. The summed E-state index contributed by atoms with van der Waals surface area (Å²) in [5.41, 5.74) is 3.28. The minimum absolute atomic E-state index is 0.0234. The van der Waals surface area contributed by atoms with E-state index in [2.05, 4.69) is 75.3 Å². The van der Waals surface area contributed by atoms with Crippen molar-refractivity contribution >= 4 is 12.2 Å². The number of rotatable bonds is 11. The standard InChI is InChI=1S/C28H33N3O3.C2HF3O2/c32-29-23-24-11-15-30(16-12-24)19-21-33-22-20-31-17-13-27(14-18-31)34-28(25-7-3-1-4-8-25)26-9-5-2-6-10-26;3-2(4,5)1(6)7/h1-12,15-16,23,27-28H,13-14,17-22H2;(H,6,7). The van der Waals surface area contributed by atoms with Crippen LogP contribution >= 0.6 is 0 Å². The van der Waals surface area contributed by atoms with Gasteiger partial charge in [-0.05, 0) is 24.0 Å². The average Bonchev–Trinajstić information content (AvgIpc) is 2.98. The first kappa shape index (κ1) is 31.7. The highest BCUT2D eigenvalue weighted by Gasteiger charge is 2.29. The molecule has 2 heterocycles. The summed E-state index contributed by atoms with van der Waals surface area (Å²) in [5.74, 6) is -3.01. The number of aromatic nitrogens is 1. The van der Waals surface area contributed by atoms with Gasteiger partial charge in [-0.3, -0.25) is 0 Å². The second-order valence-electron chi connectivity index (χ2n) is 9.39. The van der Waals surface area contributed by atoms with Gasteiger partial charge in [-0.15, -0.1) is 0 Å². The maximum absolute atomic E-state index is 10.5. The van der Waals surface area contributed by atoms with E-state index >= 15 is 0 Å². The van der Waals surface area contributed by atoms with Crippen LogP contribution in [0.15, 0.2) is 90.3 Å². The maximum atomic E-state index is 10.5. The van der Waals surface area contributed by atoms with E-state index < -0.39 is 12.1 Å². The van der Waals surface area contributed by atoms with Crippen LogP contribution < -0.4 is 9.67 Å². The van der Waals surface area contributed by atoms with E-state index in [1.54, 1.807) is 0 Å². The summed E-state index contributed by atoms with van der Waals surface area (Å²) in [7, 11) is 0. The Hall–Kier alpha value is -3.80. The molecule has 0 atom stereocenters. The number of oxime groups is 1. The predicted molar refractivity (Wildman–Crippen MR) is 143 cm³/mol. The van der Waals surface area contributed by atoms with Gasteiger partial charge >= 0.3 is 6.18 Å². The third kappa shape index (κ3) is 11.3. The number of hydrogen-bond acceptors (Lipinski definition) is 7. The molecule has 41 heavy (non-hydrogen) atoms. The predicted octanol–water partition coefficient (Wildman–Crippen LogP) is 3.37. The monoisotopic (exact) mass is 573 g/mol. The number of likely N-dealkylation sites (tertiary alicyclic amines) is 1. The normalized spacial score (nSPS) is 14.6. The van der Waals surface area contributed by atoms with Crippen molar-refractivity contribution in [1.29, 1.82) is 0 Å². The third-order valence-corrected chi connectivity index (χ3v) is 6.47. The summed E-state index contributed by atoms with van der Waals surface area (Å²) < 4.78 is 46.1. The van der Waals surface area contributed by atoms with Gasteiger partial charge in [0.1, 0.15) is 18.7 Å². The number of piperidine rings is 1. The number of halogens is 3. The number of carbonyl (C=O) groups is 1. The Labute approximate surface area is 237 Å². The van der Waals surface area contributed by atoms with E-state index in [1.807, 2.05) is 24.5 Å². The van der Waals surface area contributed by atoms with Crippen LogP contribution in [0.5, 0.6) is 0 Å². The van der Waals surface area contributed by atoms with Crippen molar-refractivity contribution in [3.8, 4) is 0 Å². The van der Waals surface area contributed by atoms with E-state index in [4.69, 9.17) is 24.6 Å². The molecule has 0 bridgehead atoms. The molecule has 2 aromatic carbocycles. The molecule has 0 saturated carbocycles. The zero-order chi connectivity index (χ0) is 29.5. The topological polar surface area (TPSA) is 98.3 Å². The second-order valence-corrected chi connectivity index (χ2v) is 9.39. The summed E-state index contributed by atoms with van der Waals surface area (Å²) in [6.45, 7) is 5.22. The Balaban J connectivity index is 0.000000587. The molecule has 4 rings (SSSR count). The van der Waals surface area contributed by atoms with Crippen molar-refractivity contribution in [3.05, 3.63) is 102 Å². The molecule has 1 N–H and O–H groups in total. The lowest BCUT2D eigenvalue weighted by molar-refractivity contribution is -0.698. The van der Waals surface area contributed by atoms with Gasteiger partial charge in [0.2, 0.25) is 0 Å². The van der Waals surface area contributed by atoms with Crippen molar-refractivity contribution in [1.82, 2.24) is 4.90 Å². The lowest BCUT2D eigenvalue weighted by atomic mass is 10.00. The van der Waals surface area contributed by atoms with Gasteiger partial charge < -0.3 is 29.5 Å². The molecule has 0 aliphatic carbocycles. The third-order valence-electron chi connectivity index (χ3n) is 6.47. The molecule has 0 amide bonds. The van der Waals surface area contributed by atoms with Crippen molar-refractivity contribution in [3.63, 3.8) is 0 Å². The quantitative estimate of drug-likeness (QED) is 0.124. The van der Waals surface area contributed by atoms with Gasteiger partial charge in [0, 0.05) is 37.3 Å². The fourth-order valence-electron chi connectivity index (χ4n) is 4.30. The van der Waals surface area contributed by atoms with E-state index in [1.165, 1.54) is 17.3 Å². The van der Waals surface area contributed by atoms with Crippen LogP contribution in [0.1, 0.15) is 35.6 Å². The Morgan fingerprint density at radius 3 is 2.02 bits per heavy atom. The number of benzene rings is 2. The lowest BCUT2D eigenvalue weighted by Crippen LogP contribution is -2.40. The van der Waals surface area contributed by atoms with Crippen LogP contribution in [0.25, 0.3) is 0 Å². The summed E-state index contributed by atoms with van der Waals surface area (Å²) in [4.78, 5) is 11.3. The molecule has 0 radical (unpaired) electrons. The number of carbonyl (C=O) groups excluding carboxylic acids is 1. The van der Waals surface area contributed by atoms with Gasteiger partial charge in [-0.2, -0.15) is 13.2 Å². The van der Waals surface area contributed by atoms with E-state index in [-0.39, 0.29) is 12.2 Å². The fourth-order valence-corrected chi connectivity index (χ4v) is 4.30. The van der Waals surface area contributed by atoms with Crippen molar-refractivity contribution in [2.75, 3.05) is 32.8 Å². The molecule has 1 aliphatic rings. The maximum Gasteiger partial charge on any atom is 0.430 e. The van der Waals surface area contributed by atoms with Crippen LogP contribution in [0, 0.1) is 0 Å². The van der Waals surface area contributed by atoms with Gasteiger partial charge in [-0.1, -0.05) is 65.8 Å². The number of nitrogens with zero attached hydrogens (tertiary/aromatic N) is 3. The smallest absolute Gasteiger partial charge is 0.430 e. The largest absolute Gasteiger partial charge is 0.542 e. The molecule has 220 valence electrons. The van der Waals surface area contributed by atoms with Gasteiger partial charge in [0.15, 0.2) is 18.9 Å². The summed E-state index contributed by atoms with van der Waals surface area (Å²) in [5, 5.41) is 20.4. The number of carboxylic acid groups (broad SMARTS) is 1. The number of carboxylic acids is 1. The van der Waals surface area contributed by atoms with Crippen LogP contribution in [0.2, 0.25) is 0 Å². The Morgan fingerprint density at radius 2 is 1.54 bits per heavy atom. The second kappa shape index (κ2) is 16.5. The highest BCUT2D eigenvalue weighted by atomic mass is 19.4. The first-order valence-electron chi connectivity index (χ1n) is 13.3. The highest BCUT2D eigenvalue weighted by molar-refractivity contribution is 5.78. The summed E-state index contributed by atoms with van der Waals surface area (Å²) >= 11 is 0. The zero-order valence-corrected chi connectivity index (χ0v) is 22.5. The van der Waals surface area contributed by atoms with E-state index in [9.17, 15) is 13.2 Å². The summed E-state index contributed by atoms with van der Waals surface area (Å²) in [6, 6.07) is 24.9. The van der Waals surface area contributed by atoms with Crippen LogP contribution in [-0.4, -0.2) is 67.4 Å². The molecule has 0 spiro atoms. The van der Waals surface area contributed by atoms with Gasteiger partial charge in [-0.25, -0.2) is 4.57 Å². The summed E-state index contributed by atoms with van der Waals surface area (Å²) in [6.07, 6.45) is 2.46. The molecule has 1 aliphatic heterocycles. The Kier molecular flexibility index (Phi) is 12.7. The van der Waals surface area contributed by atoms with E-state index in [0.717, 1.165) is 51.2 Å². The molecule has 1 aromatic heterocycles. The highest BCUT2D eigenvalue weighted by Crippen LogP contribution is 2.29. The molecule has 8 nitrogen and oxygen atoms in total. The van der Waals surface area contributed by atoms with Gasteiger partial charge in [0.25, 0.3) is 0 Å². The fraction of sp³-hybridized carbons (Fsp3) is 0.367. The molecule has 11 heteroatoms. The first-order chi connectivity index (χ1) is 19.8. The number of aliphatic carboxylic acids is 1. The molecular formula is C30H34F3N3O5. The van der Waals surface area contributed by atoms with Crippen LogP contribution in [0.4, 0.5) is 13.2 Å². The Bertz CT molecular complexity index is 1150. The SMILES string of the molecule is O/N=C/c1cc[n+](CCOCCN2CCC(OC(c3ccccc3)c3ccccc3)CC2)cc1.O=C([O-])C(F)(F)F. The molecular weight excluding hydrogens is 539 g/mol. The number of alkyl halides is 3. The molecule has 1 saturated heterocycles. The zero-order valence-electron chi connectivity index (χ0n) is 22.5. The molecule has 0 unspecified atom stereocenters. The van der Waals surface area contributed by atoms with Crippen LogP contribution in [-0.2, 0) is 20.8 Å². The minimum Gasteiger partial charge on any atom is -0.542 e. The molecule has 3 aromatic rings.